The fraction of sp³-hybridized carbons (Fsp3) is 0.409. The number of rotatable bonds is 4. The smallest absolute Gasteiger partial charge is 0.415 e. The number of pyridine rings is 1. The number of esters is 1. The van der Waals surface area contributed by atoms with Crippen LogP contribution >= 0.6 is 0 Å². The number of nitrogens with zero attached hydrogens (tertiary/aromatic N) is 3. The minimum atomic E-state index is -0.393. The SMILES string of the molecule is CCOC(=O)c1cncc(-c2ccc(OC(=O)N3CCN4CCC3CC4)cc2)c1. The van der Waals surface area contributed by atoms with Crippen molar-refractivity contribution in [3.63, 3.8) is 0 Å². The van der Waals surface area contributed by atoms with Crippen molar-refractivity contribution in [2.45, 2.75) is 25.8 Å². The summed E-state index contributed by atoms with van der Waals surface area (Å²) >= 11 is 0. The van der Waals surface area contributed by atoms with Crippen LogP contribution in [-0.2, 0) is 4.74 Å². The van der Waals surface area contributed by atoms with Gasteiger partial charge in [0.15, 0.2) is 0 Å². The van der Waals surface area contributed by atoms with Gasteiger partial charge in [0.2, 0.25) is 0 Å². The summed E-state index contributed by atoms with van der Waals surface area (Å²) in [4.78, 5) is 33.0. The summed E-state index contributed by atoms with van der Waals surface area (Å²) in [7, 11) is 0. The number of hydrogen-bond donors (Lipinski definition) is 0. The van der Waals surface area contributed by atoms with E-state index < -0.39 is 5.97 Å². The van der Waals surface area contributed by atoms with Gasteiger partial charge in [-0.25, -0.2) is 9.59 Å². The molecule has 0 N–H and O–H groups in total. The quantitative estimate of drug-likeness (QED) is 0.741. The van der Waals surface area contributed by atoms with Crippen LogP contribution in [0.1, 0.15) is 30.1 Å². The first-order chi connectivity index (χ1) is 14.1. The van der Waals surface area contributed by atoms with Crippen molar-refractivity contribution in [2.75, 3.05) is 32.8 Å². The van der Waals surface area contributed by atoms with Crippen LogP contribution in [0.25, 0.3) is 11.1 Å². The largest absolute Gasteiger partial charge is 0.462 e. The third kappa shape index (κ3) is 4.40. The molecule has 0 aliphatic carbocycles. The first-order valence-electron chi connectivity index (χ1n) is 10.1. The highest BCUT2D eigenvalue weighted by Gasteiger charge is 2.32. The molecule has 0 atom stereocenters. The van der Waals surface area contributed by atoms with Crippen molar-refractivity contribution in [1.29, 1.82) is 0 Å². The molecule has 0 unspecified atom stereocenters. The molecule has 3 saturated heterocycles. The van der Waals surface area contributed by atoms with Gasteiger partial charge in [-0.3, -0.25) is 4.98 Å². The lowest BCUT2D eigenvalue weighted by molar-refractivity contribution is 0.0526. The normalized spacial score (nSPS) is 20.8. The molecule has 2 aromatic rings. The molecule has 1 aromatic heterocycles. The average Bonchev–Trinajstić information content (AvgIpc) is 3.09. The second kappa shape index (κ2) is 8.61. The second-order valence-corrected chi connectivity index (χ2v) is 7.34. The Balaban J connectivity index is 1.43. The lowest BCUT2D eigenvalue weighted by atomic mass is 10.1. The third-order valence-corrected chi connectivity index (χ3v) is 5.53. The molecule has 3 fully saturated rings. The van der Waals surface area contributed by atoms with Crippen molar-refractivity contribution in [3.05, 3.63) is 48.3 Å². The maximum absolute atomic E-state index is 12.7. The van der Waals surface area contributed by atoms with Crippen LogP contribution in [0.15, 0.2) is 42.7 Å². The van der Waals surface area contributed by atoms with Crippen molar-refractivity contribution in [3.8, 4) is 16.9 Å². The van der Waals surface area contributed by atoms with Crippen LogP contribution in [0.3, 0.4) is 0 Å². The molecule has 3 aliphatic rings. The Bertz CT molecular complexity index is 876. The molecule has 152 valence electrons. The van der Waals surface area contributed by atoms with E-state index in [1.54, 1.807) is 31.3 Å². The molecule has 4 heterocycles. The molecular formula is C22H25N3O4. The molecule has 2 bridgehead atoms. The van der Waals surface area contributed by atoms with Crippen LogP contribution in [0.5, 0.6) is 5.75 Å². The maximum Gasteiger partial charge on any atom is 0.415 e. The molecule has 0 saturated carbocycles. The van der Waals surface area contributed by atoms with Gasteiger partial charge in [-0.15, -0.1) is 0 Å². The zero-order valence-corrected chi connectivity index (χ0v) is 16.5. The Labute approximate surface area is 170 Å². The van der Waals surface area contributed by atoms with E-state index in [9.17, 15) is 9.59 Å². The van der Waals surface area contributed by atoms with E-state index in [4.69, 9.17) is 9.47 Å². The van der Waals surface area contributed by atoms with Gasteiger partial charge in [-0.2, -0.15) is 0 Å². The van der Waals surface area contributed by atoms with E-state index >= 15 is 0 Å². The zero-order valence-electron chi connectivity index (χ0n) is 16.5. The lowest BCUT2D eigenvalue weighted by Gasteiger charge is -2.30. The average molecular weight is 395 g/mol. The summed E-state index contributed by atoms with van der Waals surface area (Å²) in [6.45, 7) is 5.83. The van der Waals surface area contributed by atoms with Crippen LogP contribution in [-0.4, -0.2) is 65.7 Å². The van der Waals surface area contributed by atoms with Gasteiger partial charge in [0.1, 0.15) is 5.75 Å². The zero-order chi connectivity index (χ0) is 20.2. The number of benzene rings is 1. The molecule has 29 heavy (non-hydrogen) atoms. The van der Waals surface area contributed by atoms with E-state index in [-0.39, 0.29) is 12.1 Å². The van der Waals surface area contributed by atoms with E-state index in [0.29, 0.717) is 24.5 Å². The Morgan fingerprint density at radius 2 is 1.79 bits per heavy atom. The first kappa shape index (κ1) is 19.4. The van der Waals surface area contributed by atoms with Gasteiger partial charge in [-0.1, -0.05) is 12.1 Å². The van der Waals surface area contributed by atoms with Crippen LogP contribution in [0.4, 0.5) is 4.79 Å². The fourth-order valence-corrected chi connectivity index (χ4v) is 3.93. The minimum absolute atomic E-state index is 0.275. The summed E-state index contributed by atoms with van der Waals surface area (Å²) in [5, 5.41) is 0. The molecule has 7 heteroatoms. The van der Waals surface area contributed by atoms with E-state index in [2.05, 4.69) is 9.88 Å². The predicted octanol–water partition coefficient (Wildman–Crippen LogP) is 3.20. The standard InChI is InChI=1S/C22H25N3O4/c1-2-28-21(26)18-13-17(14-23-15-18)16-3-5-20(6-4-16)29-22(27)25-12-11-24-9-7-19(25)8-10-24/h3-6,13-15,19H,2,7-12H2,1H3. The molecule has 1 aromatic carbocycles. The number of amides is 1. The minimum Gasteiger partial charge on any atom is -0.462 e. The predicted molar refractivity (Wildman–Crippen MR) is 108 cm³/mol. The number of carbonyl (C=O) groups excluding carboxylic acids is 2. The van der Waals surface area contributed by atoms with Gasteiger partial charge in [0.25, 0.3) is 0 Å². The molecular weight excluding hydrogens is 370 g/mol. The second-order valence-electron chi connectivity index (χ2n) is 7.34. The van der Waals surface area contributed by atoms with Gasteiger partial charge in [0.05, 0.1) is 12.2 Å². The van der Waals surface area contributed by atoms with Gasteiger partial charge in [-0.05, 0) is 43.5 Å². The number of piperidine rings is 1. The topological polar surface area (TPSA) is 72.0 Å². The summed E-state index contributed by atoms with van der Waals surface area (Å²) in [6.07, 6.45) is 4.92. The number of aromatic nitrogens is 1. The van der Waals surface area contributed by atoms with E-state index in [1.165, 1.54) is 6.20 Å². The molecule has 7 nitrogen and oxygen atoms in total. The highest BCUT2D eigenvalue weighted by molar-refractivity contribution is 5.90. The van der Waals surface area contributed by atoms with Crippen LogP contribution < -0.4 is 4.74 Å². The first-order valence-corrected chi connectivity index (χ1v) is 10.1. The van der Waals surface area contributed by atoms with Crippen molar-refractivity contribution >= 4 is 12.1 Å². The lowest BCUT2D eigenvalue weighted by Crippen LogP contribution is -2.43. The van der Waals surface area contributed by atoms with Gasteiger partial charge in [0, 0.05) is 50.2 Å². The fourth-order valence-electron chi connectivity index (χ4n) is 3.93. The van der Waals surface area contributed by atoms with E-state index in [0.717, 1.165) is 43.6 Å². The number of ether oxygens (including phenoxy) is 2. The molecule has 5 rings (SSSR count). The van der Waals surface area contributed by atoms with Crippen LogP contribution in [0.2, 0.25) is 0 Å². The number of carbonyl (C=O) groups is 2. The van der Waals surface area contributed by atoms with Gasteiger partial charge < -0.3 is 19.3 Å². The van der Waals surface area contributed by atoms with Crippen molar-refractivity contribution in [2.24, 2.45) is 0 Å². The van der Waals surface area contributed by atoms with Crippen LogP contribution in [0, 0.1) is 0 Å². The maximum atomic E-state index is 12.7. The van der Waals surface area contributed by atoms with E-state index in [1.807, 2.05) is 17.0 Å². The van der Waals surface area contributed by atoms with Crippen molar-refractivity contribution in [1.82, 2.24) is 14.8 Å². The number of hydrogen-bond acceptors (Lipinski definition) is 6. The Kier molecular flexibility index (Phi) is 5.76. The summed E-state index contributed by atoms with van der Waals surface area (Å²) in [5.41, 5.74) is 2.09. The summed E-state index contributed by atoms with van der Waals surface area (Å²) in [5.74, 6) is 0.114. The van der Waals surface area contributed by atoms with Crippen molar-refractivity contribution < 1.29 is 19.1 Å². The molecule has 0 spiro atoms. The molecule has 0 radical (unpaired) electrons. The number of fused-ring (bicyclic) bond motifs is 4. The Morgan fingerprint density at radius 3 is 2.52 bits per heavy atom. The molecule has 1 amide bonds. The highest BCUT2D eigenvalue weighted by Crippen LogP contribution is 2.25. The Hall–Kier alpha value is -2.93. The summed E-state index contributed by atoms with van der Waals surface area (Å²) in [6, 6.07) is 9.27. The monoisotopic (exact) mass is 395 g/mol. The summed E-state index contributed by atoms with van der Waals surface area (Å²) < 4.78 is 10.6. The Morgan fingerprint density at radius 1 is 1.03 bits per heavy atom. The van der Waals surface area contributed by atoms with Gasteiger partial charge >= 0.3 is 12.1 Å². The highest BCUT2D eigenvalue weighted by atomic mass is 16.6. The molecule has 3 aliphatic heterocycles. The third-order valence-electron chi connectivity index (χ3n) is 5.53.